The fourth-order valence-corrected chi connectivity index (χ4v) is 6.26. The summed E-state index contributed by atoms with van der Waals surface area (Å²) >= 11 is 1.38. The van der Waals surface area contributed by atoms with Gasteiger partial charge in [-0.05, 0) is 101 Å². The van der Waals surface area contributed by atoms with Gasteiger partial charge in [0.05, 0.1) is 16.2 Å². The van der Waals surface area contributed by atoms with Gasteiger partial charge < -0.3 is 5.11 Å². The van der Waals surface area contributed by atoms with Crippen molar-refractivity contribution in [1.29, 1.82) is 0 Å². The number of nitrogens with zero attached hydrogens (tertiary/aromatic N) is 3. The monoisotopic (exact) mass is 567 g/mol. The number of aliphatic carboxylic acids is 1. The molecular formula is C31H32F3N3O2S. The maximum absolute atomic E-state index is 13.2. The number of benzene rings is 3. The first-order valence-electron chi connectivity index (χ1n) is 13.6. The first-order chi connectivity index (χ1) is 19.1. The quantitative estimate of drug-likeness (QED) is 0.234. The molecule has 1 saturated heterocycles. The molecule has 1 aliphatic rings. The van der Waals surface area contributed by atoms with E-state index in [0.717, 1.165) is 66.0 Å². The van der Waals surface area contributed by atoms with Crippen LogP contribution in [0.15, 0.2) is 60.7 Å². The van der Waals surface area contributed by atoms with E-state index in [2.05, 4.69) is 26.6 Å². The molecule has 1 aliphatic heterocycles. The number of carbonyl (C=O) groups is 1. The maximum Gasteiger partial charge on any atom is 0.416 e. The predicted molar refractivity (Wildman–Crippen MR) is 151 cm³/mol. The lowest BCUT2D eigenvalue weighted by Gasteiger charge is -2.33. The number of aromatic nitrogens is 2. The number of rotatable bonds is 8. The lowest BCUT2D eigenvalue weighted by molar-refractivity contribution is -0.139. The minimum Gasteiger partial charge on any atom is -0.481 e. The van der Waals surface area contributed by atoms with Crippen LogP contribution >= 0.6 is 11.5 Å². The molecule has 2 heterocycles. The largest absolute Gasteiger partial charge is 0.481 e. The van der Waals surface area contributed by atoms with Crippen molar-refractivity contribution in [3.8, 4) is 11.1 Å². The zero-order valence-corrected chi connectivity index (χ0v) is 23.3. The van der Waals surface area contributed by atoms with Crippen molar-refractivity contribution in [2.24, 2.45) is 5.92 Å². The Kier molecular flexibility index (Phi) is 8.24. The van der Waals surface area contributed by atoms with Crippen molar-refractivity contribution >= 4 is 27.7 Å². The van der Waals surface area contributed by atoms with Gasteiger partial charge in [-0.1, -0.05) is 54.7 Å². The van der Waals surface area contributed by atoms with Crippen molar-refractivity contribution in [3.63, 3.8) is 0 Å². The molecule has 40 heavy (non-hydrogen) atoms. The van der Waals surface area contributed by atoms with E-state index in [1.807, 2.05) is 38.1 Å². The summed E-state index contributed by atoms with van der Waals surface area (Å²) in [4.78, 5) is 14.7. The van der Waals surface area contributed by atoms with Gasteiger partial charge in [-0.25, -0.2) is 0 Å². The van der Waals surface area contributed by atoms with E-state index < -0.39 is 23.6 Å². The Balaban J connectivity index is 1.46. The molecule has 2 atom stereocenters. The predicted octanol–water partition coefficient (Wildman–Crippen LogP) is 7.97. The van der Waals surface area contributed by atoms with E-state index in [9.17, 15) is 23.1 Å². The molecule has 4 aromatic rings. The third-order valence-electron chi connectivity index (χ3n) is 7.63. The van der Waals surface area contributed by atoms with Crippen molar-refractivity contribution in [1.82, 2.24) is 14.5 Å². The summed E-state index contributed by atoms with van der Waals surface area (Å²) in [6.45, 7) is 6.56. The van der Waals surface area contributed by atoms with E-state index in [4.69, 9.17) is 0 Å². The van der Waals surface area contributed by atoms with Crippen molar-refractivity contribution in [2.75, 3.05) is 13.1 Å². The van der Waals surface area contributed by atoms with Crippen LogP contribution in [0.2, 0.25) is 0 Å². The Hall–Kier alpha value is -3.30. The van der Waals surface area contributed by atoms with E-state index in [-0.39, 0.29) is 11.8 Å². The molecule has 1 aromatic heterocycles. The van der Waals surface area contributed by atoms with Crippen LogP contribution in [0.3, 0.4) is 0 Å². The molecule has 0 spiro atoms. The van der Waals surface area contributed by atoms with Gasteiger partial charge in [0, 0.05) is 13.1 Å². The fraction of sp³-hybridized carbons (Fsp3) is 0.387. The number of carboxylic acids is 1. The summed E-state index contributed by atoms with van der Waals surface area (Å²) < 4.78 is 44.6. The Morgan fingerprint density at radius 2 is 1.85 bits per heavy atom. The number of hydrogen-bond acceptors (Lipinski definition) is 5. The van der Waals surface area contributed by atoms with Crippen LogP contribution in [0.1, 0.15) is 67.2 Å². The van der Waals surface area contributed by atoms with Crippen LogP contribution in [-0.2, 0) is 17.5 Å². The number of fused-ring (bicyclic) bond motifs is 1. The lowest BCUT2D eigenvalue weighted by atomic mass is 9.83. The third-order valence-corrected chi connectivity index (χ3v) is 8.31. The summed E-state index contributed by atoms with van der Waals surface area (Å²) in [5.74, 6) is -1.21. The van der Waals surface area contributed by atoms with Gasteiger partial charge in [-0.3, -0.25) is 9.69 Å². The van der Waals surface area contributed by atoms with Crippen LogP contribution in [0, 0.1) is 5.92 Å². The highest BCUT2D eigenvalue weighted by molar-refractivity contribution is 7.12. The number of alkyl halides is 3. The molecule has 5 nitrogen and oxygen atoms in total. The summed E-state index contributed by atoms with van der Waals surface area (Å²) in [7, 11) is 0. The Labute approximate surface area is 235 Å². The SMILES string of the molecule is CC(C)CC(C(=O)O)c1cc(-c2ccc(C(F)(F)F)cc2)cc(C2CCCN(Cc3ccc4nnsc4c3)C2)c1. The molecule has 9 heteroatoms. The van der Waals surface area contributed by atoms with Gasteiger partial charge in [0.2, 0.25) is 0 Å². The van der Waals surface area contributed by atoms with Gasteiger partial charge in [0.1, 0.15) is 5.52 Å². The summed E-state index contributed by atoms with van der Waals surface area (Å²) in [6.07, 6.45) is -1.96. The second kappa shape index (κ2) is 11.7. The van der Waals surface area contributed by atoms with Crippen molar-refractivity contribution < 1.29 is 23.1 Å². The van der Waals surface area contributed by atoms with Crippen LogP contribution in [0.4, 0.5) is 13.2 Å². The number of piperidine rings is 1. The van der Waals surface area contributed by atoms with Crippen LogP contribution in [0.5, 0.6) is 0 Å². The standard InChI is InChI=1S/C31H32F3N3O2S/c1-19(2)12-27(30(38)39)25-15-23(21-6-8-26(9-7-21)31(32,33)34)14-24(16-25)22-4-3-11-37(18-22)17-20-5-10-28-29(13-20)40-36-35-28/h5-10,13-16,19,22,27H,3-4,11-12,17-18H2,1-2H3,(H,38,39). The molecular weight excluding hydrogens is 535 g/mol. The molecule has 0 radical (unpaired) electrons. The van der Waals surface area contributed by atoms with E-state index in [1.54, 1.807) is 0 Å². The molecule has 1 fully saturated rings. The zero-order chi connectivity index (χ0) is 28.4. The van der Waals surface area contributed by atoms with Gasteiger partial charge in [-0.2, -0.15) is 13.2 Å². The first kappa shape index (κ1) is 28.2. The van der Waals surface area contributed by atoms with Crippen molar-refractivity contribution in [2.45, 2.75) is 57.7 Å². The fourth-order valence-electron chi connectivity index (χ4n) is 5.63. The third kappa shape index (κ3) is 6.53. The first-order valence-corrected chi connectivity index (χ1v) is 14.3. The Morgan fingerprint density at radius 1 is 1.07 bits per heavy atom. The zero-order valence-electron chi connectivity index (χ0n) is 22.5. The van der Waals surface area contributed by atoms with Gasteiger partial charge in [-0.15, -0.1) is 5.10 Å². The maximum atomic E-state index is 13.2. The average molecular weight is 568 g/mol. The molecule has 0 bridgehead atoms. The smallest absolute Gasteiger partial charge is 0.416 e. The Morgan fingerprint density at radius 3 is 2.55 bits per heavy atom. The molecule has 0 aliphatic carbocycles. The molecule has 1 N–H and O–H groups in total. The number of carboxylic acid groups (broad SMARTS) is 1. The second-order valence-corrected chi connectivity index (χ2v) is 11.9. The average Bonchev–Trinajstić information content (AvgIpc) is 3.39. The molecule has 0 amide bonds. The number of halogens is 3. The van der Waals surface area contributed by atoms with Crippen molar-refractivity contribution in [3.05, 3.63) is 82.9 Å². The highest BCUT2D eigenvalue weighted by Crippen LogP contribution is 2.37. The lowest BCUT2D eigenvalue weighted by Crippen LogP contribution is -2.34. The summed E-state index contributed by atoms with van der Waals surface area (Å²) in [5, 5.41) is 14.2. The van der Waals surface area contributed by atoms with Crippen LogP contribution < -0.4 is 0 Å². The topological polar surface area (TPSA) is 66.3 Å². The normalized spacial score (nSPS) is 17.4. The molecule has 210 valence electrons. The highest BCUT2D eigenvalue weighted by atomic mass is 32.1. The van der Waals surface area contributed by atoms with Gasteiger partial charge >= 0.3 is 12.1 Å². The minimum atomic E-state index is -4.41. The van der Waals surface area contributed by atoms with Gasteiger partial charge in [0.25, 0.3) is 0 Å². The summed E-state index contributed by atoms with van der Waals surface area (Å²) in [6, 6.07) is 17.2. The summed E-state index contributed by atoms with van der Waals surface area (Å²) in [5.41, 5.74) is 4.52. The van der Waals surface area contributed by atoms with E-state index in [0.29, 0.717) is 17.5 Å². The molecule has 3 aromatic carbocycles. The molecule has 0 saturated carbocycles. The number of hydrogen-bond donors (Lipinski definition) is 1. The minimum absolute atomic E-state index is 0.176. The van der Waals surface area contributed by atoms with Crippen LogP contribution in [0.25, 0.3) is 21.3 Å². The highest BCUT2D eigenvalue weighted by Gasteiger charge is 2.30. The van der Waals surface area contributed by atoms with E-state index in [1.165, 1.54) is 29.2 Å². The van der Waals surface area contributed by atoms with E-state index >= 15 is 0 Å². The second-order valence-electron chi connectivity index (χ2n) is 11.1. The Bertz CT molecular complexity index is 1480. The molecule has 2 unspecified atom stereocenters. The number of likely N-dealkylation sites (tertiary alicyclic amines) is 1. The van der Waals surface area contributed by atoms with Gasteiger partial charge in [0.15, 0.2) is 0 Å². The molecule has 5 rings (SSSR count). The van der Waals surface area contributed by atoms with Crippen LogP contribution in [-0.4, -0.2) is 38.7 Å².